The maximum absolute atomic E-state index is 11.5. The van der Waals surface area contributed by atoms with Crippen LogP contribution in [0.4, 0.5) is 10.5 Å². The number of rotatable bonds is 6. The van der Waals surface area contributed by atoms with Gasteiger partial charge in [0.05, 0.1) is 5.75 Å². The molecule has 0 unspecified atom stereocenters. The lowest BCUT2D eigenvalue weighted by atomic mass is 10.1. The summed E-state index contributed by atoms with van der Waals surface area (Å²) in [6, 6.07) is 7.11. The van der Waals surface area contributed by atoms with E-state index in [-0.39, 0.29) is 6.54 Å². The second kappa shape index (κ2) is 6.23. The summed E-state index contributed by atoms with van der Waals surface area (Å²) in [5.41, 5.74) is 1.86. The zero-order valence-corrected chi connectivity index (χ0v) is 11.8. The fraction of sp³-hybridized carbons (Fsp3) is 0.462. The first kappa shape index (κ1) is 14.8. The minimum atomic E-state index is -4.05. The van der Waals surface area contributed by atoms with E-state index in [9.17, 15) is 13.2 Å². The van der Waals surface area contributed by atoms with E-state index in [0.29, 0.717) is 5.69 Å². The van der Waals surface area contributed by atoms with Crippen molar-refractivity contribution in [1.29, 1.82) is 0 Å². The highest BCUT2D eigenvalue weighted by molar-refractivity contribution is 7.85. The zero-order chi connectivity index (χ0) is 14.6. The molecular formula is C13H18N2O4S. The van der Waals surface area contributed by atoms with Crippen LogP contribution in [0.5, 0.6) is 0 Å². The summed E-state index contributed by atoms with van der Waals surface area (Å²) in [6.07, 6.45) is 3.57. The van der Waals surface area contributed by atoms with Gasteiger partial charge in [-0.3, -0.25) is 4.55 Å². The molecule has 0 aliphatic heterocycles. The molecule has 0 aromatic heterocycles. The molecule has 0 spiro atoms. The lowest BCUT2D eigenvalue weighted by Gasteiger charge is -2.08. The average Bonchev–Trinajstić information content (AvgIpc) is 3.11. The van der Waals surface area contributed by atoms with Gasteiger partial charge < -0.3 is 10.6 Å². The van der Waals surface area contributed by atoms with Crippen molar-refractivity contribution in [2.45, 2.75) is 19.3 Å². The summed E-state index contributed by atoms with van der Waals surface area (Å²) >= 11 is 0. The van der Waals surface area contributed by atoms with Crippen LogP contribution in [0.25, 0.3) is 0 Å². The monoisotopic (exact) mass is 298 g/mol. The number of carbonyl (C=O) groups is 1. The summed E-state index contributed by atoms with van der Waals surface area (Å²) in [4.78, 5) is 11.5. The Labute approximate surface area is 118 Å². The van der Waals surface area contributed by atoms with E-state index < -0.39 is 21.9 Å². The molecule has 1 aromatic rings. The van der Waals surface area contributed by atoms with Gasteiger partial charge in [-0.05, 0) is 42.9 Å². The minimum absolute atomic E-state index is 0.133. The quantitative estimate of drug-likeness (QED) is 0.696. The maximum Gasteiger partial charge on any atom is 0.319 e. The normalized spacial score (nSPS) is 14.8. The fourth-order valence-electron chi connectivity index (χ4n) is 1.90. The molecule has 1 aromatic carbocycles. The van der Waals surface area contributed by atoms with Crippen LogP contribution in [0, 0.1) is 5.92 Å². The Morgan fingerprint density at radius 1 is 1.35 bits per heavy atom. The maximum atomic E-state index is 11.5. The van der Waals surface area contributed by atoms with E-state index in [1.165, 1.54) is 18.4 Å². The summed E-state index contributed by atoms with van der Waals surface area (Å²) in [6.45, 7) is -0.133. The first-order valence-corrected chi connectivity index (χ1v) is 8.12. The summed E-state index contributed by atoms with van der Waals surface area (Å²) in [7, 11) is -4.05. The molecule has 1 aliphatic rings. The van der Waals surface area contributed by atoms with E-state index in [0.717, 1.165) is 12.3 Å². The number of amides is 2. The van der Waals surface area contributed by atoms with Gasteiger partial charge in [0.25, 0.3) is 10.1 Å². The molecule has 20 heavy (non-hydrogen) atoms. The van der Waals surface area contributed by atoms with E-state index >= 15 is 0 Å². The molecular weight excluding hydrogens is 280 g/mol. The molecule has 1 aliphatic carbocycles. The largest absolute Gasteiger partial charge is 0.337 e. The van der Waals surface area contributed by atoms with Gasteiger partial charge >= 0.3 is 6.03 Å². The molecule has 110 valence electrons. The molecule has 1 fully saturated rings. The van der Waals surface area contributed by atoms with Crippen LogP contribution in [-0.2, 0) is 16.5 Å². The van der Waals surface area contributed by atoms with Crippen molar-refractivity contribution in [2.75, 3.05) is 17.6 Å². The van der Waals surface area contributed by atoms with E-state index in [4.69, 9.17) is 4.55 Å². The standard InChI is InChI=1S/C13H18N2O4S/c16-13(14-6-7-20(17,18)19)15-12-3-1-2-11(9-12)8-10-4-5-10/h1-3,9-10H,4-8H2,(H2,14,15,16)(H,17,18,19). The molecule has 0 heterocycles. The number of nitrogens with one attached hydrogen (secondary N) is 2. The van der Waals surface area contributed by atoms with Crippen molar-refractivity contribution < 1.29 is 17.8 Å². The number of benzene rings is 1. The van der Waals surface area contributed by atoms with Crippen molar-refractivity contribution in [3.63, 3.8) is 0 Å². The molecule has 0 bridgehead atoms. The second-order valence-electron chi connectivity index (χ2n) is 5.01. The Kier molecular flexibility index (Phi) is 4.61. The number of hydrogen-bond acceptors (Lipinski definition) is 3. The predicted molar refractivity (Wildman–Crippen MR) is 76.3 cm³/mol. The van der Waals surface area contributed by atoms with Crippen LogP contribution in [0.3, 0.4) is 0 Å². The third kappa shape index (κ3) is 5.58. The van der Waals surface area contributed by atoms with Crippen molar-refractivity contribution in [1.82, 2.24) is 5.32 Å². The average molecular weight is 298 g/mol. The second-order valence-corrected chi connectivity index (χ2v) is 6.59. The Bertz CT molecular complexity index is 582. The van der Waals surface area contributed by atoms with Gasteiger partial charge in [-0.15, -0.1) is 0 Å². The molecule has 0 saturated heterocycles. The lowest BCUT2D eigenvalue weighted by molar-refractivity contribution is 0.252. The Hall–Kier alpha value is -1.60. The molecule has 7 heteroatoms. The van der Waals surface area contributed by atoms with Crippen LogP contribution in [0.1, 0.15) is 18.4 Å². The van der Waals surface area contributed by atoms with Crippen LogP contribution >= 0.6 is 0 Å². The Balaban J connectivity index is 1.81. The van der Waals surface area contributed by atoms with E-state index in [1.807, 2.05) is 18.2 Å². The lowest BCUT2D eigenvalue weighted by Crippen LogP contribution is -2.32. The van der Waals surface area contributed by atoms with Crippen LogP contribution in [0.15, 0.2) is 24.3 Å². The highest BCUT2D eigenvalue weighted by atomic mass is 32.2. The molecule has 3 N–H and O–H groups in total. The van der Waals surface area contributed by atoms with Crippen LogP contribution < -0.4 is 10.6 Å². The smallest absolute Gasteiger partial charge is 0.319 e. The number of carbonyl (C=O) groups excluding carboxylic acids is 1. The van der Waals surface area contributed by atoms with Gasteiger partial charge in [0.2, 0.25) is 0 Å². The van der Waals surface area contributed by atoms with Crippen molar-refractivity contribution in [2.24, 2.45) is 5.92 Å². The molecule has 0 radical (unpaired) electrons. The summed E-state index contributed by atoms with van der Waals surface area (Å²) in [5.74, 6) is 0.274. The van der Waals surface area contributed by atoms with Gasteiger partial charge in [-0.1, -0.05) is 12.1 Å². The van der Waals surface area contributed by atoms with Crippen LogP contribution in [0.2, 0.25) is 0 Å². The molecule has 0 atom stereocenters. The highest BCUT2D eigenvalue weighted by Gasteiger charge is 2.21. The third-order valence-electron chi connectivity index (χ3n) is 3.05. The Morgan fingerprint density at radius 2 is 2.10 bits per heavy atom. The number of hydrogen-bond donors (Lipinski definition) is 3. The van der Waals surface area contributed by atoms with Crippen LogP contribution in [-0.4, -0.2) is 31.3 Å². The van der Waals surface area contributed by atoms with Gasteiger partial charge in [-0.25, -0.2) is 4.79 Å². The SMILES string of the molecule is O=C(NCCS(=O)(=O)O)Nc1cccc(CC2CC2)c1. The van der Waals surface area contributed by atoms with E-state index in [1.54, 1.807) is 6.07 Å². The molecule has 2 amide bonds. The molecule has 2 rings (SSSR count). The van der Waals surface area contributed by atoms with Gasteiger partial charge in [0.1, 0.15) is 0 Å². The van der Waals surface area contributed by atoms with E-state index in [2.05, 4.69) is 10.6 Å². The minimum Gasteiger partial charge on any atom is -0.337 e. The number of urea groups is 1. The topological polar surface area (TPSA) is 95.5 Å². The first-order chi connectivity index (χ1) is 9.42. The van der Waals surface area contributed by atoms with Gasteiger partial charge in [0, 0.05) is 12.2 Å². The fourth-order valence-corrected chi connectivity index (χ4v) is 2.26. The predicted octanol–water partition coefficient (Wildman–Crippen LogP) is 1.65. The summed E-state index contributed by atoms with van der Waals surface area (Å²) in [5, 5.41) is 5.01. The Morgan fingerprint density at radius 3 is 2.75 bits per heavy atom. The molecule has 6 nitrogen and oxygen atoms in total. The summed E-state index contributed by atoms with van der Waals surface area (Å²) < 4.78 is 29.6. The first-order valence-electron chi connectivity index (χ1n) is 6.51. The number of anilines is 1. The van der Waals surface area contributed by atoms with Crippen molar-refractivity contribution in [3.8, 4) is 0 Å². The van der Waals surface area contributed by atoms with Crippen molar-refractivity contribution in [3.05, 3.63) is 29.8 Å². The van der Waals surface area contributed by atoms with Crippen molar-refractivity contribution >= 4 is 21.8 Å². The third-order valence-corrected chi connectivity index (χ3v) is 3.77. The van der Waals surface area contributed by atoms with Gasteiger partial charge in [-0.2, -0.15) is 8.42 Å². The van der Waals surface area contributed by atoms with Gasteiger partial charge in [0.15, 0.2) is 0 Å². The zero-order valence-electron chi connectivity index (χ0n) is 11.0. The highest BCUT2D eigenvalue weighted by Crippen LogP contribution is 2.32. The molecule has 1 saturated carbocycles.